The minimum atomic E-state index is -0.660. The number of hydrogen-bond acceptors (Lipinski definition) is 2. The second-order valence-electron chi connectivity index (χ2n) is 6.89. The lowest BCUT2D eigenvalue weighted by molar-refractivity contribution is 0.00271. The van der Waals surface area contributed by atoms with Crippen molar-refractivity contribution in [3.8, 4) is 0 Å². The van der Waals surface area contributed by atoms with E-state index in [1.54, 1.807) is 0 Å². The summed E-state index contributed by atoms with van der Waals surface area (Å²) >= 11 is 6.36. The summed E-state index contributed by atoms with van der Waals surface area (Å²) in [6.45, 7) is 11.4. The van der Waals surface area contributed by atoms with Gasteiger partial charge in [-0.05, 0) is 38.0 Å². The SMILES string of the molecule is CCn1nc(C)c(Cl)c1CC1(O)CC(C)(C)CC1C. The molecule has 2 atom stereocenters. The largest absolute Gasteiger partial charge is 0.389 e. The molecule has 1 fully saturated rings. The summed E-state index contributed by atoms with van der Waals surface area (Å²) in [6, 6.07) is 0. The molecule has 3 nitrogen and oxygen atoms in total. The van der Waals surface area contributed by atoms with Gasteiger partial charge in [0.25, 0.3) is 0 Å². The molecule has 1 aromatic rings. The molecule has 0 aliphatic heterocycles. The molecular formula is C15H25ClN2O. The summed E-state index contributed by atoms with van der Waals surface area (Å²) in [5.74, 6) is 0.291. The van der Waals surface area contributed by atoms with Gasteiger partial charge in [-0.1, -0.05) is 32.4 Å². The Morgan fingerprint density at radius 3 is 2.58 bits per heavy atom. The molecule has 0 radical (unpaired) electrons. The van der Waals surface area contributed by atoms with E-state index in [2.05, 4.69) is 32.8 Å². The van der Waals surface area contributed by atoms with E-state index in [9.17, 15) is 5.11 Å². The molecular weight excluding hydrogens is 260 g/mol. The van der Waals surface area contributed by atoms with E-state index in [1.807, 2.05) is 11.6 Å². The molecule has 1 heterocycles. The minimum absolute atomic E-state index is 0.201. The van der Waals surface area contributed by atoms with Crippen LogP contribution >= 0.6 is 11.6 Å². The molecule has 1 aliphatic rings. The topological polar surface area (TPSA) is 38.0 Å². The van der Waals surface area contributed by atoms with E-state index in [0.717, 1.165) is 30.8 Å². The average molecular weight is 285 g/mol. The first kappa shape index (κ1) is 14.9. The molecule has 2 unspecified atom stereocenters. The quantitative estimate of drug-likeness (QED) is 0.921. The van der Waals surface area contributed by atoms with Crippen LogP contribution in [0.2, 0.25) is 5.02 Å². The molecule has 108 valence electrons. The van der Waals surface area contributed by atoms with Gasteiger partial charge in [0, 0.05) is 13.0 Å². The Labute approximate surface area is 121 Å². The van der Waals surface area contributed by atoms with Gasteiger partial charge in [-0.3, -0.25) is 4.68 Å². The maximum absolute atomic E-state index is 11.0. The van der Waals surface area contributed by atoms with E-state index in [4.69, 9.17) is 11.6 Å². The molecule has 1 aromatic heterocycles. The number of aliphatic hydroxyl groups is 1. The number of hydrogen-bond donors (Lipinski definition) is 1. The van der Waals surface area contributed by atoms with Crippen molar-refractivity contribution in [2.45, 2.75) is 66.0 Å². The lowest BCUT2D eigenvalue weighted by Crippen LogP contribution is -2.35. The normalized spacial score (nSPS) is 29.9. The number of aryl methyl sites for hydroxylation is 2. The third-order valence-electron chi connectivity index (χ3n) is 4.49. The molecule has 1 saturated carbocycles. The summed E-state index contributed by atoms with van der Waals surface area (Å²) < 4.78 is 1.92. The first-order valence-electron chi connectivity index (χ1n) is 7.13. The summed E-state index contributed by atoms with van der Waals surface area (Å²) in [6.07, 6.45) is 2.48. The number of halogens is 1. The van der Waals surface area contributed by atoms with Crippen molar-refractivity contribution in [3.05, 3.63) is 16.4 Å². The van der Waals surface area contributed by atoms with Crippen LogP contribution in [-0.2, 0) is 13.0 Å². The van der Waals surface area contributed by atoms with Crippen LogP contribution in [0.4, 0.5) is 0 Å². The molecule has 0 spiro atoms. The second-order valence-corrected chi connectivity index (χ2v) is 7.27. The number of rotatable bonds is 3. The van der Waals surface area contributed by atoms with Crippen molar-refractivity contribution >= 4 is 11.6 Å². The van der Waals surface area contributed by atoms with Gasteiger partial charge in [-0.2, -0.15) is 5.10 Å². The van der Waals surface area contributed by atoms with Crippen molar-refractivity contribution < 1.29 is 5.11 Å². The van der Waals surface area contributed by atoms with Crippen molar-refractivity contribution in [1.82, 2.24) is 9.78 Å². The van der Waals surface area contributed by atoms with E-state index < -0.39 is 5.60 Å². The van der Waals surface area contributed by atoms with Crippen molar-refractivity contribution in [2.24, 2.45) is 11.3 Å². The molecule has 0 bridgehead atoms. The van der Waals surface area contributed by atoms with Gasteiger partial charge in [0.1, 0.15) is 0 Å². The van der Waals surface area contributed by atoms with E-state index in [-0.39, 0.29) is 5.41 Å². The molecule has 0 aromatic carbocycles. The summed E-state index contributed by atoms with van der Waals surface area (Å²) in [4.78, 5) is 0. The van der Waals surface area contributed by atoms with Gasteiger partial charge in [-0.15, -0.1) is 0 Å². The Balaban J connectivity index is 2.31. The van der Waals surface area contributed by atoms with Gasteiger partial charge < -0.3 is 5.11 Å². The highest BCUT2D eigenvalue weighted by atomic mass is 35.5. The summed E-state index contributed by atoms with van der Waals surface area (Å²) in [5.41, 5.74) is 1.37. The molecule has 4 heteroatoms. The van der Waals surface area contributed by atoms with Gasteiger partial charge in [0.05, 0.1) is 22.0 Å². The van der Waals surface area contributed by atoms with E-state index in [0.29, 0.717) is 17.4 Å². The Hall–Kier alpha value is -0.540. The zero-order valence-electron chi connectivity index (χ0n) is 12.6. The van der Waals surface area contributed by atoms with Gasteiger partial charge in [0.15, 0.2) is 0 Å². The third kappa shape index (κ3) is 2.68. The predicted molar refractivity (Wildman–Crippen MR) is 78.5 cm³/mol. The Kier molecular flexibility index (Phi) is 3.74. The van der Waals surface area contributed by atoms with Crippen molar-refractivity contribution in [2.75, 3.05) is 0 Å². The van der Waals surface area contributed by atoms with Gasteiger partial charge in [-0.25, -0.2) is 0 Å². The highest BCUT2D eigenvalue weighted by molar-refractivity contribution is 6.31. The first-order chi connectivity index (χ1) is 8.68. The molecule has 2 rings (SSSR count). The summed E-state index contributed by atoms with van der Waals surface area (Å²) in [7, 11) is 0. The lowest BCUT2D eigenvalue weighted by atomic mass is 9.86. The number of nitrogens with zero attached hydrogens (tertiary/aromatic N) is 2. The standard InChI is InChI=1S/C15H25ClN2O/c1-6-18-12(13(16)11(3)17-18)8-15(19)9-14(4,5)7-10(15)2/h10,19H,6-9H2,1-5H3. The van der Waals surface area contributed by atoms with Crippen molar-refractivity contribution in [1.29, 1.82) is 0 Å². The number of aromatic nitrogens is 2. The monoisotopic (exact) mass is 284 g/mol. The molecule has 1 N–H and O–H groups in total. The van der Waals surface area contributed by atoms with Crippen LogP contribution in [-0.4, -0.2) is 20.5 Å². The van der Waals surface area contributed by atoms with Crippen molar-refractivity contribution in [3.63, 3.8) is 0 Å². The third-order valence-corrected chi connectivity index (χ3v) is 4.98. The van der Waals surface area contributed by atoms with Gasteiger partial charge in [0.2, 0.25) is 0 Å². The van der Waals surface area contributed by atoms with E-state index >= 15 is 0 Å². The second kappa shape index (κ2) is 4.78. The fourth-order valence-corrected chi connectivity index (χ4v) is 3.86. The Morgan fingerprint density at radius 1 is 1.47 bits per heavy atom. The fraction of sp³-hybridized carbons (Fsp3) is 0.800. The zero-order valence-corrected chi connectivity index (χ0v) is 13.4. The van der Waals surface area contributed by atoms with Crippen LogP contribution < -0.4 is 0 Å². The summed E-state index contributed by atoms with van der Waals surface area (Å²) in [5, 5.41) is 16.2. The highest BCUT2D eigenvalue weighted by Crippen LogP contribution is 2.49. The van der Waals surface area contributed by atoms with E-state index in [1.165, 1.54) is 0 Å². The van der Waals surface area contributed by atoms with Crippen LogP contribution in [0, 0.1) is 18.3 Å². The molecule has 1 aliphatic carbocycles. The van der Waals surface area contributed by atoms with Crippen LogP contribution in [0.15, 0.2) is 0 Å². The zero-order chi connectivity index (χ0) is 14.4. The highest BCUT2D eigenvalue weighted by Gasteiger charge is 2.48. The molecule has 0 saturated heterocycles. The maximum Gasteiger partial charge on any atom is 0.0848 e. The Bertz CT molecular complexity index is 481. The average Bonchev–Trinajstić information content (AvgIpc) is 2.66. The molecule has 19 heavy (non-hydrogen) atoms. The molecule has 0 amide bonds. The van der Waals surface area contributed by atoms with Crippen LogP contribution in [0.3, 0.4) is 0 Å². The maximum atomic E-state index is 11.0. The first-order valence-corrected chi connectivity index (χ1v) is 7.50. The fourth-order valence-electron chi connectivity index (χ4n) is 3.66. The van der Waals surface area contributed by atoms with Crippen LogP contribution in [0.1, 0.15) is 51.9 Å². The predicted octanol–water partition coefficient (Wildman–Crippen LogP) is 3.59. The smallest absolute Gasteiger partial charge is 0.0848 e. The van der Waals surface area contributed by atoms with Crippen LogP contribution in [0.25, 0.3) is 0 Å². The van der Waals surface area contributed by atoms with Gasteiger partial charge >= 0.3 is 0 Å². The van der Waals surface area contributed by atoms with Crippen LogP contribution in [0.5, 0.6) is 0 Å². The lowest BCUT2D eigenvalue weighted by Gasteiger charge is -2.29. The Morgan fingerprint density at radius 2 is 2.11 bits per heavy atom. The minimum Gasteiger partial charge on any atom is -0.389 e.